The highest BCUT2D eigenvalue weighted by atomic mass is 16.6. The second-order valence-corrected chi connectivity index (χ2v) is 3.20. The van der Waals surface area contributed by atoms with Crippen LogP contribution in [0.15, 0.2) is 0 Å². The molecule has 6 nitrogen and oxygen atoms in total. The Kier molecular flexibility index (Phi) is 6.99. The summed E-state index contributed by atoms with van der Waals surface area (Å²) in [4.78, 5) is 0. The van der Waals surface area contributed by atoms with Gasteiger partial charge in [-0.15, -0.1) is 0 Å². The highest BCUT2D eigenvalue weighted by Crippen LogP contribution is 2.19. The molecule has 15 heavy (non-hydrogen) atoms. The minimum atomic E-state index is -0.653. The fraction of sp³-hybridized carbons (Fsp3) is 1.00. The summed E-state index contributed by atoms with van der Waals surface area (Å²) < 4.78 is 9.37. The molecule has 2 saturated heterocycles. The van der Waals surface area contributed by atoms with Crippen molar-refractivity contribution in [2.24, 2.45) is 0 Å². The lowest BCUT2D eigenvalue weighted by Gasteiger charge is -1.97. The first kappa shape index (κ1) is 14.8. The average Bonchev–Trinajstić information content (AvgIpc) is 3.06. The van der Waals surface area contributed by atoms with E-state index in [2.05, 4.69) is 4.74 Å². The molecule has 92 valence electrons. The Hall–Kier alpha value is -0.240. The van der Waals surface area contributed by atoms with Crippen LogP contribution in [-0.2, 0) is 9.47 Å². The van der Waals surface area contributed by atoms with E-state index in [0.29, 0.717) is 6.61 Å². The van der Waals surface area contributed by atoms with Crippen molar-refractivity contribution in [1.82, 2.24) is 0 Å². The number of epoxide rings is 2. The van der Waals surface area contributed by atoms with Gasteiger partial charge in [0.2, 0.25) is 0 Å². The Morgan fingerprint density at radius 1 is 1.13 bits per heavy atom. The molecule has 2 fully saturated rings. The van der Waals surface area contributed by atoms with Crippen LogP contribution in [0, 0.1) is 0 Å². The molecule has 2 rings (SSSR count). The summed E-state index contributed by atoms with van der Waals surface area (Å²) >= 11 is 0. The van der Waals surface area contributed by atoms with E-state index in [1.54, 1.807) is 0 Å². The predicted molar refractivity (Wildman–Crippen MR) is 52.4 cm³/mol. The lowest BCUT2D eigenvalue weighted by molar-refractivity contribution is 0.0706. The summed E-state index contributed by atoms with van der Waals surface area (Å²) in [5.41, 5.74) is 0. The Morgan fingerprint density at radius 3 is 1.73 bits per heavy atom. The number of aliphatic hydroxyl groups excluding tert-OH is 4. The van der Waals surface area contributed by atoms with Gasteiger partial charge < -0.3 is 29.9 Å². The fourth-order valence-corrected chi connectivity index (χ4v) is 0.896. The van der Waals surface area contributed by atoms with Gasteiger partial charge in [0.1, 0.15) is 24.4 Å². The van der Waals surface area contributed by atoms with E-state index in [1.165, 1.54) is 0 Å². The van der Waals surface area contributed by atoms with E-state index in [0.717, 1.165) is 0 Å². The van der Waals surface area contributed by atoms with Crippen molar-refractivity contribution in [3.63, 3.8) is 0 Å². The van der Waals surface area contributed by atoms with Gasteiger partial charge in [-0.05, 0) is 0 Å². The molecule has 0 saturated carbocycles. The van der Waals surface area contributed by atoms with E-state index >= 15 is 0 Å². The molecule has 0 aromatic heterocycles. The molecular weight excluding hydrogens is 204 g/mol. The minimum absolute atomic E-state index is 0. The van der Waals surface area contributed by atoms with Gasteiger partial charge in [0.15, 0.2) is 0 Å². The van der Waals surface area contributed by atoms with Crippen LogP contribution in [0.1, 0.15) is 7.43 Å². The van der Waals surface area contributed by atoms with Crippen LogP contribution in [0.5, 0.6) is 0 Å². The summed E-state index contributed by atoms with van der Waals surface area (Å²) in [6.45, 7) is 0.475. The third kappa shape index (κ3) is 5.41. The van der Waals surface area contributed by atoms with Gasteiger partial charge in [0.05, 0.1) is 26.4 Å². The van der Waals surface area contributed by atoms with E-state index in [4.69, 9.17) is 25.2 Å². The normalized spacial score (nSPS) is 33.2. The highest BCUT2D eigenvalue weighted by Gasteiger charge is 2.36. The fourth-order valence-electron chi connectivity index (χ4n) is 0.896. The molecule has 0 aliphatic carbocycles. The van der Waals surface area contributed by atoms with Crippen LogP contribution in [0.4, 0.5) is 0 Å². The van der Waals surface area contributed by atoms with Gasteiger partial charge in [-0.25, -0.2) is 0 Å². The van der Waals surface area contributed by atoms with Crippen LogP contribution < -0.4 is 0 Å². The lowest BCUT2D eigenvalue weighted by atomic mass is 10.3. The smallest absolute Gasteiger partial charge is 0.110 e. The molecule has 2 aliphatic rings. The first-order valence-electron chi connectivity index (χ1n) is 4.50. The monoisotopic (exact) mass is 224 g/mol. The zero-order valence-corrected chi connectivity index (χ0v) is 7.74. The second-order valence-electron chi connectivity index (χ2n) is 3.20. The van der Waals surface area contributed by atoms with Crippen molar-refractivity contribution >= 4 is 0 Å². The summed E-state index contributed by atoms with van der Waals surface area (Å²) in [6.07, 6.45) is -0.889. The minimum Gasteiger partial charge on any atom is -0.394 e. The van der Waals surface area contributed by atoms with Crippen LogP contribution in [-0.4, -0.2) is 71.3 Å². The van der Waals surface area contributed by atoms with Crippen LogP contribution in [0.25, 0.3) is 0 Å². The Balaban J connectivity index is 0.000000245. The van der Waals surface area contributed by atoms with Gasteiger partial charge >= 0.3 is 0 Å². The summed E-state index contributed by atoms with van der Waals surface area (Å²) in [5.74, 6) is 0. The lowest BCUT2D eigenvalue weighted by Crippen LogP contribution is -2.18. The van der Waals surface area contributed by atoms with E-state index in [-0.39, 0.29) is 45.6 Å². The third-order valence-corrected chi connectivity index (χ3v) is 2.02. The highest BCUT2D eigenvalue weighted by molar-refractivity contribution is 4.82. The van der Waals surface area contributed by atoms with Crippen molar-refractivity contribution in [1.29, 1.82) is 0 Å². The number of hydrogen-bond donors (Lipinski definition) is 4. The third-order valence-electron chi connectivity index (χ3n) is 2.02. The van der Waals surface area contributed by atoms with Gasteiger partial charge in [-0.2, -0.15) is 0 Å². The average molecular weight is 224 g/mol. The molecule has 4 atom stereocenters. The molecule has 0 spiro atoms. The van der Waals surface area contributed by atoms with Crippen LogP contribution in [0.3, 0.4) is 0 Å². The van der Waals surface area contributed by atoms with Crippen molar-refractivity contribution < 1.29 is 29.9 Å². The summed E-state index contributed by atoms with van der Waals surface area (Å²) in [5, 5.41) is 33.4. The number of rotatable bonds is 4. The standard InChI is InChI=1S/2C4H8O3.CH4/c5-1-3(6)4-2-7-4;5-1-3-4(2-6)7-3;/h2*3-6H,1-2H2;1H4/t3-,4-;;/m0../s1. The van der Waals surface area contributed by atoms with Gasteiger partial charge in [-0.3, -0.25) is 0 Å². The molecule has 0 aromatic carbocycles. The SMILES string of the molecule is C.OCC1OC1CO.OC[C@H](O)[C@@H]1CO1. The number of ether oxygens (including phenoxy) is 2. The maximum Gasteiger partial charge on any atom is 0.110 e. The first-order valence-corrected chi connectivity index (χ1v) is 4.50. The number of aliphatic hydroxyl groups is 4. The molecule has 0 aromatic rings. The zero-order valence-electron chi connectivity index (χ0n) is 7.74. The first-order chi connectivity index (χ1) is 6.72. The van der Waals surface area contributed by atoms with Gasteiger partial charge in [0, 0.05) is 0 Å². The Bertz CT molecular complexity index is 153. The van der Waals surface area contributed by atoms with Crippen molar-refractivity contribution in [3.8, 4) is 0 Å². The Labute approximate surface area is 89.1 Å². The van der Waals surface area contributed by atoms with Gasteiger partial charge in [-0.1, -0.05) is 7.43 Å². The van der Waals surface area contributed by atoms with E-state index in [9.17, 15) is 0 Å². The summed E-state index contributed by atoms with van der Waals surface area (Å²) in [6, 6.07) is 0. The largest absolute Gasteiger partial charge is 0.394 e. The van der Waals surface area contributed by atoms with Gasteiger partial charge in [0.25, 0.3) is 0 Å². The second kappa shape index (κ2) is 7.10. The maximum atomic E-state index is 8.62. The maximum absolute atomic E-state index is 8.62. The number of hydrogen-bond acceptors (Lipinski definition) is 6. The topological polar surface area (TPSA) is 106 Å². The zero-order chi connectivity index (χ0) is 10.6. The van der Waals surface area contributed by atoms with E-state index < -0.39 is 6.10 Å². The van der Waals surface area contributed by atoms with Crippen LogP contribution in [0.2, 0.25) is 0 Å². The van der Waals surface area contributed by atoms with E-state index in [1.807, 2.05) is 0 Å². The molecule has 2 unspecified atom stereocenters. The molecule has 2 heterocycles. The van der Waals surface area contributed by atoms with Crippen molar-refractivity contribution in [2.45, 2.75) is 31.8 Å². The quantitative estimate of drug-likeness (QED) is 0.416. The van der Waals surface area contributed by atoms with Crippen molar-refractivity contribution in [2.75, 3.05) is 26.4 Å². The Morgan fingerprint density at radius 2 is 1.60 bits per heavy atom. The molecule has 2 aliphatic heterocycles. The molecule has 4 N–H and O–H groups in total. The molecule has 0 radical (unpaired) electrons. The van der Waals surface area contributed by atoms with Crippen LogP contribution >= 0.6 is 0 Å². The molecule has 0 bridgehead atoms. The molecular formula is C9H20O6. The van der Waals surface area contributed by atoms with Crippen molar-refractivity contribution in [3.05, 3.63) is 0 Å². The predicted octanol–water partition coefficient (Wildman–Crippen LogP) is -1.89. The summed E-state index contributed by atoms with van der Waals surface area (Å²) in [7, 11) is 0. The molecule has 6 heteroatoms. The molecule has 0 amide bonds.